The van der Waals surface area contributed by atoms with Gasteiger partial charge in [-0.2, -0.15) is 0 Å². The zero-order valence-electron chi connectivity index (χ0n) is 12.7. The van der Waals surface area contributed by atoms with Crippen LogP contribution in [-0.2, 0) is 14.3 Å². The highest BCUT2D eigenvalue weighted by atomic mass is 16.6. The van der Waals surface area contributed by atoms with Crippen LogP contribution in [0.15, 0.2) is 0 Å². The summed E-state index contributed by atoms with van der Waals surface area (Å²) in [6.45, 7) is 6.06. The van der Waals surface area contributed by atoms with Crippen LogP contribution in [0.3, 0.4) is 0 Å². The van der Waals surface area contributed by atoms with Crippen LogP contribution in [-0.4, -0.2) is 24.0 Å². The standard InChI is InChI=1S/C15H26N2O3/c1-13(2,3)20-11(18)10-8-14(9-16)4-6-15(10,7-5-14)12(17)19/h10H,4-9,16H2,1-3H3,(H2,17,19). The molecule has 3 fully saturated rings. The van der Waals surface area contributed by atoms with Gasteiger partial charge in [0.2, 0.25) is 5.91 Å². The molecule has 3 saturated carbocycles. The zero-order valence-corrected chi connectivity index (χ0v) is 12.7. The summed E-state index contributed by atoms with van der Waals surface area (Å²) in [6.07, 6.45) is 3.70. The SMILES string of the molecule is CC(C)(C)OC(=O)C1CC2(CN)CCC1(C(N)=O)CC2. The first-order valence-corrected chi connectivity index (χ1v) is 7.37. The molecule has 114 valence electrons. The van der Waals surface area contributed by atoms with Crippen molar-refractivity contribution in [1.29, 1.82) is 0 Å². The Morgan fingerprint density at radius 1 is 1.20 bits per heavy atom. The van der Waals surface area contributed by atoms with Gasteiger partial charge in [-0.15, -0.1) is 0 Å². The number of amides is 1. The number of rotatable bonds is 3. The Morgan fingerprint density at radius 2 is 1.75 bits per heavy atom. The van der Waals surface area contributed by atoms with Crippen LogP contribution in [0.25, 0.3) is 0 Å². The summed E-state index contributed by atoms with van der Waals surface area (Å²) in [5.74, 6) is -1.10. The molecule has 3 aliphatic carbocycles. The van der Waals surface area contributed by atoms with E-state index in [1.54, 1.807) is 0 Å². The molecule has 0 aliphatic heterocycles. The Hall–Kier alpha value is -1.10. The third-order valence-electron chi connectivity index (χ3n) is 5.12. The largest absolute Gasteiger partial charge is 0.460 e. The van der Waals surface area contributed by atoms with Gasteiger partial charge in [0.1, 0.15) is 5.60 Å². The Balaban J connectivity index is 2.29. The molecule has 3 rings (SSSR count). The molecule has 0 saturated heterocycles. The van der Waals surface area contributed by atoms with Crippen LogP contribution in [0.1, 0.15) is 52.9 Å². The van der Waals surface area contributed by atoms with Gasteiger partial charge < -0.3 is 16.2 Å². The second-order valence-electron chi connectivity index (χ2n) is 7.51. The zero-order chi connectivity index (χ0) is 15.2. The number of ether oxygens (including phenoxy) is 1. The van der Waals surface area contributed by atoms with Crippen LogP contribution in [0.4, 0.5) is 0 Å². The quantitative estimate of drug-likeness (QED) is 0.763. The summed E-state index contributed by atoms with van der Waals surface area (Å²) < 4.78 is 5.51. The summed E-state index contributed by atoms with van der Waals surface area (Å²) in [5, 5.41) is 0. The maximum absolute atomic E-state index is 12.5. The molecule has 0 aromatic rings. The average molecular weight is 282 g/mol. The second-order valence-corrected chi connectivity index (χ2v) is 7.51. The highest BCUT2D eigenvalue weighted by Gasteiger charge is 2.60. The summed E-state index contributed by atoms with van der Waals surface area (Å²) >= 11 is 0. The lowest BCUT2D eigenvalue weighted by Gasteiger charge is -2.55. The van der Waals surface area contributed by atoms with E-state index >= 15 is 0 Å². The van der Waals surface area contributed by atoms with Crippen molar-refractivity contribution < 1.29 is 14.3 Å². The first kappa shape index (κ1) is 15.3. The smallest absolute Gasteiger partial charge is 0.310 e. The minimum absolute atomic E-state index is 0.0151. The van der Waals surface area contributed by atoms with Gasteiger partial charge in [-0.05, 0) is 64.8 Å². The van der Waals surface area contributed by atoms with E-state index < -0.39 is 16.9 Å². The molecule has 1 atom stereocenters. The van der Waals surface area contributed by atoms with Gasteiger partial charge >= 0.3 is 5.97 Å². The molecule has 1 amide bonds. The van der Waals surface area contributed by atoms with Crippen molar-refractivity contribution in [1.82, 2.24) is 0 Å². The van der Waals surface area contributed by atoms with Crippen LogP contribution in [0, 0.1) is 16.7 Å². The second kappa shape index (κ2) is 4.72. The fourth-order valence-electron chi connectivity index (χ4n) is 3.79. The molecule has 5 nitrogen and oxygen atoms in total. The predicted octanol–water partition coefficient (Wildman–Crippen LogP) is 1.34. The highest BCUT2D eigenvalue weighted by Crippen LogP contribution is 2.59. The molecule has 1 unspecified atom stereocenters. The van der Waals surface area contributed by atoms with Crippen molar-refractivity contribution in [2.75, 3.05) is 6.54 Å². The molecule has 20 heavy (non-hydrogen) atoms. The third-order valence-corrected chi connectivity index (χ3v) is 5.12. The van der Waals surface area contributed by atoms with Crippen molar-refractivity contribution in [3.05, 3.63) is 0 Å². The molecular weight excluding hydrogens is 256 g/mol. The lowest BCUT2D eigenvalue weighted by atomic mass is 9.49. The Bertz CT molecular complexity index is 417. The molecular formula is C15H26N2O3. The van der Waals surface area contributed by atoms with E-state index in [0.717, 1.165) is 12.8 Å². The minimum atomic E-state index is -0.723. The van der Waals surface area contributed by atoms with Crippen LogP contribution in [0.2, 0.25) is 0 Å². The highest BCUT2D eigenvalue weighted by molar-refractivity contribution is 5.88. The average Bonchev–Trinajstić information content (AvgIpc) is 2.37. The molecule has 5 heteroatoms. The van der Waals surface area contributed by atoms with Crippen LogP contribution < -0.4 is 11.5 Å². The number of nitrogens with two attached hydrogens (primary N) is 2. The third kappa shape index (κ3) is 2.43. The minimum Gasteiger partial charge on any atom is -0.460 e. The number of hydrogen-bond donors (Lipinski definition) is 2. The molecule has 0 heterocycles. The lowest BCUT2D eigenvalue weighted by Crippen LogP contribution is -2.58. The van der Waals surface area contributed by atoms with Crippen molar-refractivity contribution in [2.45, 2.75) is 58.5 Å². The fraction of sp³-hybridized carbons (Fsp3) is 0.867. The van der Waals surface area contributed by atoms with E-state index in [4.69, 9.17) is 16.2 Å². The van der Waals surface area contributed by atoms with E-state index in [0.29, 0.717) is 25.8 Å². The number of carbonyl (C=O) groups excluding carboxylic acids is 2. The number of fused-ring (bicyclic) bond motifs is 3. The number of esters is 1. The van der Waals surface area contributed by atoms with E-state index in [1.807, 2.05) is 20.8 Å². The molecule has 0 radical (unpaired) electrons. The first-order valence-electron chi connectivity index (χ1n) is 7.37. The maximum Gasteiger partial charge on any atom is 0.310 e. The number of carbonyl (C=O) groups is 2. The van der Waals surface area contributed by atoms with Crippen LogP contribution >= 0.6 is 0 Å². The Kier molecular flexibility index (Phi) is 3.61. The van der Waals surface area contributed by atoms with Gasteiger partial charge in [-0.25, -0.2) is 0 Å². The predicted molar refractivity (Wildman–Crippen MR) is 75.5 cm³/mol. The topological polar surface area (TPSA) is 95.4 Å². The molecule has 2 bridgehead atoms. The Morgan fingerprint density at radius 3 is 2.15 bits per heavy atom. The van der Waals surface area contributed by atoms with Gasteiger partial charge in [-0.1, -0.05) is 0 Å². The van der Waals surface area contributed by atoms with Gasteiger partial charge in [0.15, 0.2) is 0 Å². The molecule has 0 spiro atoms. The summed E-state index contributed by atoms with van der Waals surface area (Å²) in [5.41, 5.74) is 10.3. The fourth-order valence-corrected chi connectivity index (χ4v) is 3.79. The molecule has 3 aliphatic rings. The van der Waals surface area contributed by atoms with Crippen molar-refractivity contribution in [3.63, 3.8) is 0 Å². The van der Waals surface area contributed by atoms with E-state index in [2.05, 4.69) is 0 Å². The Labute approximate surface area is 120 Å². The summed E-state index contributed by atoms with van der Waals surface area (Å²) in [6, 6.07) is 0. The van der Waals surface area contributed by atoms with Gasteiger partial charge in [-0.3, -0.25) is 9.59 Å². The lowest BCUT2D eigenvalue weighted by molar-refractivity contribution is -0.180. The number of hydrogen-bond acceptors (Lipinski definition) is 4. The number of primary amides is 1. The van der Waals surface area contributed by atoms with Crippen molar-refractivity contribution in [2.24, 2.45) is 28.2 Å². The first-order chi connectivity index (χ1) is 9.14. The van der Waals surface area contributed by atoms with E-state index in [-0.39, 0.29) is 17.3 Å². The van der Waals surface area contributed by atoms with Crippen molar-refractivity contribution in [3.8, 4) is 0 Å². The van der Waals surface area contributed by atoms with Crippen LogP contribution in [0.5, 0.6) is 0 Å². The maximum atomic E-state index is 12.5. The molecule has 4 N–H and O–H groups in total. The molecule has 0 aromatic carbocycles. The van der Waals surface area contributed by atoms with E-state index in [9.17, 15) is 9.59 Å². The molecule has 0 aromatic heterocycles. The van der Waals surface area contributed by atoms with Gasteiger partial charge in [0.25, 0.3) is 0 Å². The van der Waals surface area contributed by atoms with Gasteiger partial charge in [0.05, 0.1) is 11.3 Å². The monoisotopic (exact) mass is 282 g/mol. The normalized spacial score (nSPS) is 36.7. The van der Waals surface area contributed by atoms with Crippen molar-refractivity contribution >= 4 is 11.9 Å². The van der Waals surface area contributed by atoms with Gasteiger partial charge in [0, 0.05) is 0 Å². The summed E-state index contributed by atoms with van der Waals surface area (Å²) in [4.78, 5) is 24.5. The van der Waals surface area contributed by atoms with E-state index in [1.165, 1.54) is 0 Å². The summed E-state index contributed by atoms with van der Waals surface area (Å²) in [7, 11) is 0.